The van der Waals surface area contributed by atoms with Crippen molar-refractivity contribution < 1.29 is 28.6 Å². The van der Waals surface area contributed by atoms with Gasteiger partial charge in [-0.15, -0.1) is 0 Å². The van der Waals surface area contributed by atoms with Crippen LogP contribution in [0.3, 0.4) is 0 Å². The standard InChI is InChI=1S/C17H21N3O6/c1-10(26-17(23)12-5-7-15(21)20-19-12)16(22)18-9-11-4-6-13(24-2)14(8-11)25-3/h4,6,8,10H,5,7,9H2,1-3H3,(H,18,22)(H,20,21)/t10-/m1/s1. The van der Waals surface area contributed by atoms with Crippen LogP contribution in [0.5, 0.6) is 11.5 Å². The molecule has 0 aromatic heterocycles. The van der Waals surface area contributed by atoms with Crippen LogP contribution in [0, 0.1) is 0 Å². The molecule has 1 aromatic rings. The Bertz CT molecular complexity index is 731. The van der Waals surface area contributed by atoms with Crippen molar-refractivity contribution >= 4 is 23.5 Å². The number of hydrogen-bond donors (Lipinski definition) is 2. The molecule has 0 fully saturated rings. The number of carbonyl (C=O) groups is 3. The van der Waals surface area contributed by atoms with Crippen LogP contribution in [-0.2, 0) is 25.7 Å². The van der Waals surface area contributed by atoms with Gasteiger partial charge in [0.1, 0.15) is 5.71 Å². The minimum Gasteiger partial charge on any atom is -0.493 e. The lowest BCUT2D eigenvalue weighted by molar-refractivity contribution is -0.148. The van der Waals surface area contributed by atoms with E-state index in [4.69, 9.17) is 14.2 Å². The van der Waals surface area contributed by atoms with Crippen molar-refractivity contribution in [2.24, 2.45) is 5.10 Å². The summed E-state index contributed by atoms with van der Waals surface area (Å²) in [6.07, 6.45) is -0.652. The van der Waals surface area contributed by atoms with E-state index in [2.05, 4.69) is 15.8 Å². The highest BCUT2D eigenvalue weighted by Gasteiger charge is 2.24. The first-order valence-corrected chi connectivity index (χ1v) is 7.99. The Hall–Kier alpha value is -3.10. The quantitative estimate of drug-likeness (QED) is 0.683. The molecule has 0 unspecified atom stereocenters. The molecule has 0 saturated heterocycles. The molecular weight excluding hydrogens is 342 g/mol. The average molecular weight is 363 g/mol. The molecule has 2 rings (SSSR count). The van der Waals surface area contributed by atoms with Crippen LogP contribution < -0.4 is 20.2 Å². The Morgan fingerprint density at radius 1 is 1.23 bits per heavy atom. The Balaban J connectivity index is 1.87. The number of hydrazone groups is 1. The maximum Gasteiger partial charge on any atom is 0.355 e. The number of amides is 2. The van der Waals surface area contributed by atoms with E-state index in [0.717, 1.165) is 5.56 Å². The molecule has 0 bridgehead atoms. The second-order valence-corrected chi connectivity index (χ2v) is 5.55. The number of ether oxygens (including phenoxy) is 3. The highest BCUT2D eigenvalue weighted by molar-refractivity contribution is 6.37. The van der Waals surface area contributed by atoms with E-state index in [1.54, 1.807) is 18.2 Å². The summed E-state index contributed by atoms with van der Waals surface area (Å²) in [5, 5.41) is 6.32. The molecule has 1 aliphatic rings. The smallest absolute Gasteiger partial charge is 0.355 e. The minimum atomic E-state index is -0.997. The fourth-order valence-electron chi connectivity index (χ4n) is 2.23. The van der Waals surface area contributed by atoms with Gasteiger partial charge in [0.15, 0.2) is 17.6 Å². The summed E-state index contributed by atoms with van der Waals surface area (Å²) >= 11 is 0. The fraction of sp³-hybridized carbons (Fsp3) is 0.412. The molecule has 0 radical (unpaired) electrons. The summed E-state index contributed by atoms with van der Waals surface area (Å²) in [4.78, 5) is 35.1. The molecular formula is C17H21N3O6. The zero-order valence-corrected chi connectivity index (χ0v) is 14.8. The third kappa shape index (κ3) is 4.95. The van der Waals surface area contributed by atoms with Crippen molar-refractivity contribution in [3.05, 3.63) is 23.8 Å². The molecule has 9 heteroatoms. The molecule has 1 heterocycles. The van der Waals surface area contributed by atoms with Gasteiger partial charge < -0.3 is 19.5 Å². The van der Waals surface area contributed by atoms with E-state index in [-0.39, 0.29) is 31.0 Å². The molecule has 0 saturated carbocycles. The number of esters is 1. The second-order valence-electron chi connectivity index (χ2n) is 5.55. The van der Waals surface area contributed by atoms with Crippen LogP contribution in [0.1, 0.15) is 25.3 Å². The van der Waals surface area contributed by atoms with Crippen LogP contribution in [-0.4, -0.2) is 43.8 Å². The van der Waals surface area contributed by atoms with Gasteiger partial charge in [-0.25, -0.2) is 10.2 Å². The van der Waals surface area contributed by atoms with Gasteiger partial charge in [0.25, 0.3) is 5.91 Å². The number of rotatable bonds is 7. The predicted octanol–water partition coefficient (Wildman–Crippen LogP) is 0.518. The Morgan fingerprint density at radius 2 is 1.96 bits per heavy atom. The van der Waals surface area contributed by atoms with Crippen LogP contribution in [0.4, 0.5) is 0 Å². The van der Waals surface area contributed by atoms with E-state index in [1.165, 1.54) is 21.1 Å². The number of hydrogen-bond acceptors (Lipinski definition) is 7. The Labute approximate surface area is 150 Å². The van der Waals surface area contributed by atoms with E-state index in [0.29, 0.717) is 11.5 Å². The lowest BCUT2D eigenvalue weighted by atomic mass is 10.2. The highest BCUT2D eigenvalue weighted by Crippen LogP contribution is 2.27. The van der Waals surface area contributed by atoms with Crippen molar-refractivity contribution in [3.8, 4) is 11.5 Å². The topological polar surface area (TPSA) is 115 Å². The van der Waals surface area contributed by atoms with Gasteiger partial charge in [-0.3, -0.25) is 9.59 Å². The van der Waals surface area contributed by atoms with Crippen molar-refractivity contribution in [2.75, 3.05) is 14.2 Å². The molecule has 26 heavy (non-hydrogen) atoms. The molecule has 1 aromatic carbocycles. The van der Waals surface area contributed by atoms with E-state index >= 15 is 0 Å². The SMILES string of the molecule is COc1ccc(CNC(=O)[C@@H](C)OC(=O)C2=NNC(=O)CC2)cc1OC. The summed E-state index contributed by atoms with van der Waals surface area (Å²) in [7, 11) is 3.06. The van der Waals surface area contributed by atoms with Crippen LogP contribution in [0.15, 0.2) is 23.3 Å². The van der Waals surface area contributed by atoms with Crippen LogP contribution in [0.2, 0.25) is 0 Å². The third-order valence-electron chi connectivity index (χ3n) is 3.71. The second kappa shape index (κ2) is 8.84. The molecule has 2 amide bonds. The predicted molar refractivity (Wildman–Crippen MR) is 91.8 cm³/mol. The lowest BCUT2D eigenvalue weighted by Gasteiger charge is -2.16. The number of nitrogens with zero attached hydrogens (tertiary/aromatic N) is 1. The molecule has 0 aliphatic carbocycles. The summed E-state index contributed by atoms with van der Waals surface area (Å²) in [5.41, 5.74) is 3.09. The Morgan fingerprint density at radius 3 is 2.58 bits per heavy atom. The first kappa shape index (κ1) is 19.2. The van der Waals surface area contributed by atoms with E-state index < -0.39 is 18.0 Å². The monoisotopic (exact) mass is 363 g/mol. The summed E-state index contributed by atoms with van der Waals surface area (Å²) < 4.78 is 15.4. The largest absolute Gasteiger partial charge is 0.493 e. The van der Waals surface area contributed by atoms with Gasteiger partial charge in [0, 0.05) is 19.4 Å². The summed E-state index contributed by atoms with van der Waals surface area (Å²) in [6.45, 7) is 1.70. The molecule has 140 valence electrons. The first-order valence-electron chi connectivity index (χ1n) is 7.99. The normalized spacial score (nSPS) is 14.6. The van der Waals surface area contributed by atoms with Gasteiger partial charge in [-0.05, 0) is 24.6 Å². The average Bonchev–Trinajstić information content (AvgIpc) is 2.66. The van der Waals surface area contributed by atoms with E-state index in [1.807, 2.05) is 0 Å². The van der Waals surface area contributed by atoms with Gasteiger partial charge in [0.2, 0.25) is 5.91 Å². The molecule has 1 atom stereocenters. The van der Waals surface area contributed by atoms with Gasteiger partial charge in [-0.1, -0.05) is 6.07 Å². The summed E-state index contributed by atoms with van der Waals surface area (Å²) in [6, 6.07) is 5.27. The maximum atomic E-state index is 12.1. The maximum absolute atomic E-state index is 12.1. The van der Waals surface area contributed by atoms with Crippen LogP contribution in [0.25, 0.3) is 0 Å². The van der Waals surface area contributed by atoms with Crippen molar-refractivity contribution in [2.45, 2.75) is 32.4 Å². The molecule has 1 aliphatic heterocycles. The lowest BCUT2D eigenvalue weighted by Crippen LogP contribution is -2.38. The van der Waals surface area contributed by atoms with Gasteiger partial charge >= 0.3 is 5.97 Å². The van der Waals surface area contributed by atoms with Gasteiger partial charge in [0.05, 0.1) is 14.2 Å². The molecule has 0 spiro atoms. The minimum absolute atomic E-state index is 0.0872. The zero-order valence-electron chi connectivity index (χ0n) is 14.8. The third-order valence-corrected chi connectivity index (χ3v) is 3.71. The Kier molecular flexibility index (Phi) is 6.54. The highest BCUT2D eigenvalue weighted by atomic mass is 16.5. The number of benzene rings is 1. The van der Waals surface area contributed by atoms with Crippen LogP contribution >= 0.6 is 0 Å². The van der Waals surface area contributed by atoms with Crippen molar-refractivity contribution in [3.63, 3.8) is 0 Å². The number of carbonyl (C=O) groups excluding carboxylic acids is 3. The molecule has 9 nitrogen and oxygen atoms in total. The zero-order chi connectivity index (χ0) is 19.1. The molecule has 2 N–H and O–H groups in total. The number of nitrogens with one attached hydrogen (secondary N) is 2. The van der Waals surface area contributed by atoms with E-state index in [9.17, 15) is 14.4 Å². The van der Waals surface area contributed by atoms with Crippen molar-refractivity contribution in [1.29, 1.82) is 0 Å². The van der Waals surface area contributed by atoms with Gasteiger partial charge in [-0.2, -0.15) is 5.10 Å². The first-order chi connectivity index (χ1) is 12.4. The van der Waals surface area contributed by atoms with Crippen molar-refractivity contribution in [1.82, 2.24) is 10.7 Å². The number of methoxy groups -OCH3 is 2. The fourth-order valence-corrected chi connectivity index (χ4v) is 2.23. The summed E-state index contributed by atoms with van der Waals surface area (Å²) in [5.74, 6) is -0.295.